The number of nitrogens with two attached hydrogens (primary N) is 2. The van der Waals surface area contributed by atoms with Gasteiger partial charge in [0.05, 0.1) is 59.6 Å². The van der Waals surface area contributed by atoms with Gasteiger partial charge in [0.1, 0.15) is 47.5 Å². The van der Waals surface area contributed by atoms with Crippen LogP contribution in [0.2, 0.25) is 0 Å². The fraction of sp³-hybridized carbons (Fsp3) is 0.729. The SMILES string of the molecule is C#Cc1cccc(N)c1.CC[C@H]1OC(=O)[C@@](C)(F)C(=O)[C@H](C)[C@@H](OC2OC(C)CC(N(C)C)C2O)[C@@](C)(OC)C[C@@H](C)C(=O)[C@H](C)[C@H]2N(CCCCN=[N+]=[N-])C(=O)O[C@]12C.CC[C@H]1OC(=O)[C@@](C)(F)C(=O)[C@H](C)[C@@H](OC2OC(C)CC(N(C)C)C2O)[C@@](C)(OC)C[C@@H](C)C(=O)[C@H](C)[C@H]2N(CCCCn3cc(-c4cccc(N)n4)nn3)C(=O)O[C@]12C. The molecule has 1 aromatic carbocycles. The highest BCUT2D eigenvalue weighted by Gasteiger charge is 2.65. The third kappa shape index (κ3) is 22.0. The van der Waals surface area contributed by atoms with Crippen molar-refractivity contribution in [3.05, 3.63) is 64.7 Å². The first kappa shape index (κ1) is 98.7. The van der Waals surface area contributed by atoms with Crippen molar-refractivity contribution < 1.29 is 105 Å². The molecule has 35 heteroatoms. The minimum absolute atomic E-state index is 0.0144. The number of hydrogen-bond acceptors (Lipinski definition) is 28. The Morgan fingerprint density at radius 1 is 0.633 bits per heavy atom. The highest BCUT2D eigenvalue weighted by Crippen LogP contribution is 2.47. The molecule has 120 heavy (non-hydrogen) atoms. The van der Waals surface area contributed by atoms with E-state index >= 15 is 8.78 Å². The maximum atomic E-state index is 16.9. The number of ketones is 4. The van der Waals surface area contributed by atoms with E-state index in [2.05, 4.69) is 31.2 Å². The van der Waals surface area contributed by atoms with Crippen LogP contribution in [0, 0.1) is 47.9 Å². The molecule has 3 aromatic rings. The lowest BCUT2D eigenvalue weighted by molar-refractivity contribution is -0.295. The molecule has 26 atom stereocenters. The quantitative estimate of drug-likeness (QED) is 0.00886. The van der Waals surface area contributed by atoms with Gasteiger partial charge in [-0.05, 0) is 184 Å². The van der Waals surface area contributed by atoms with E-state index in [1.165, 1.54) is 37.9 Å². The topological polar surface area (TPSA) is 427 Å². The number of likely N-dealkylation sites (N-methyl/N-ethyl adjacent to an activating group) is 2. The first-order valence-corrected chi connectivity index (χ1v) is 41.5. The summed E-state index contributed by atoms with van der Waals surface area (Å²) in [6.45, 7) is 25.7. The summed E-state index contributed by atoms with van der Waals surface area (Å²) in [5, 5.41) is 34.7. The van der Waals surface area contributed by atoms with Gasteiger partial charge < -0.3 is 88.6 Å². The number of nitrogens with zero attached hydrogens (tertiary/aromatic N) is 11. The lowest BCUT2D eigenvalue weighted by atomic mass is 9.73. The van der Waals surface area contributed by atoms with E-state index in [0.29, 0.717) is 68.0 Å². The van der Waals surface area contributed by atoms with Crippen molar-refractivity contribution in [1.82, 2.24) is 39.6 Å². The van der Waals surface area contributed by atoms with E-state index in [-0.39, 0.29) is 81.2 Å². The largest absolute Gasteiger partial charge is 0.455 e. The number of carbonyl (C=O) groups is 8. The number of Topliss-reactive ketones (excluding diaryl/α,β-unsaturated/α-hetero) is 4. The molecule has 2 amide bonds. The molecular weight excluding hydrogens is 1560 g/mol. The van der Waals surface area contributed by atoms with E-state index in [1.807, 2.05) is 64.0 Å². The Bertz CT molecular complexity index is 4150. The average molecular weight is 1690 g/mol. The van der Waals surface area contributed by atoms with Gasteiger partial charge in [0, 0.05) is 104 Å². The summed E-state index contributed by atoms with van der Waals surface area (Å²) in [4.78, 5) is 126. The van der Waals surface area contributed by atoms with Crippen LogP contribution >= 0.6 is 0 Å². The standard InChI is InChI=1S/C42H64FN7O10.C35H58FN5O10.C8H7N/c1-12-30-42(8)34(50(39(55)60-42)19-14-13-18-49-22-28(46-47-49)27-16-15-17-31(44)45-27)25(4)32(51)23(2)21-40(6,56-11)36(26(5)35(53)41(7,43)38(54)58-30)59-37-33(52)29(48(9)10)20-24(3)57-37;1-12-24-35(8)27(41(32(46)51-35)16-14-13-15-38-39-37)21(4)25(42)19(2)18-33(6,47-11)29(22(5)28(44)34(7,36)31(45)49-24)50-30-26(43)23(40(9)10)17-20(3)48-30;1-2-7-4-3-5-8(9)6-7/h15-17,22-26,29-30,33-34,36-37,52H,12-14,18-21H2,1-11H3,(H2,44,45);19-24,26-27,29-30,43H,12-18H2,1-11H3;1,3-6H,9H2/t23-,24?,25+,26+,29?,30-,33?,34-,36-,37?,40+,41+,42-;19-,20?,21+,22+,23?,24-,26?,27-,29-,30?,33+,34+,35-;/m11./s1. The zero-order valence-corrected chi connectivity index (χ0v) is 73.7. The second-order valence-electron chi connectivity index (χ2n) is 34.6. The van der Waals surface area contributed by atoms with Gasteiger partial charge in [-0.1, -0.05) is 83.8 Å². The number of ether oxygens (including phenoxy) is 10. The van der Waals surface area contributed by atoms with Crippen LogP contribution in [-0.4, -0.2) is 278 Å². The van der Waals surface area contributed by atoms with Crippen molar-refractivity contribution in [3.8, 4) is 23.7 Å². The Balaban J connectivity index is 0.000000302. The number of azide groups is 1. The molecule has 6 fully saturated rings. The number of aliphatic hydroxyl groups excluding tert-OH is 2. The zero-order valence-electron chi connectivity index (χ0n) is 73.7. The number of methoxy groups -OCH3 is 2. The summed E-state index contributed by atoms with van der Waals surface area (Å²) >= 11 is 0. The molecule has 8 unspecified atom stereocenters. The van der Waals surface area contributed by atoms with Crippen LogP contribution in [0.3, 0.4) is 0 Å². The summed E-state index contributed by atoms with van der Waals surface area (Å²) in [5.74, 6) is -8.91. The molecule has 9 rings (SSSR count). The molecule has 8 heterocycles. The number of aryl methyl sites for hydroxylation is 1. The monoisotopic (exact) mass is 1690 g/mol. The van der Waals surface area contributed by atoms with Gasteiger partial charge in [-0.3, -0.25) is 23.9 Å². The number of anilines is 2. The molecule has 6 N–H and O–H groups in total. The predicted octanol–water partition coefficient (Wildman–Crippen LogP) is 9.62. The average Bonchev–Trinajstić information content (AvgIpc) is 1.53. The second kappa shape index (κ2) is 41.2. The number of rotatable bonds is 21. The second-order valence-corrected chi connectivity index (χ2v) is 34.6. The summed E-state index contributed by atoms with van der Waals surface area (Å²) in [6.07, 6.45) is -2.18. The van der Waals surface area contributed by atoms with Gasteiger partial charge in [0.15, 0.2) is 35.3 Å². The molecule has 0 bridgehead atoms. The molecule has 0 aliphatic carbocycles. The number of nitrogen functional groups attached to an aromatic ring is 2. The molecule has 6 aliphatic heterocycles. The van der Waals surface area contributed by atoms with Gasteiger partial charge in [0.2, 0.25) is 0 Å². The van der Waals surface area contributed by atoms with Gasteiger partial charge in [-0.25, -0.2) is 32.9 Å². The van der Waals surface area contributed by atoms with E-state index < -0.39 is 166 Å². The number of pyridine rings is 1. The van der Waals surface area contributed by atoms with Crippen LogP contribution in [0.4, 0.5) is 29.9 Å². The van der Waals surface area contributed by atoms with Crippen LogP contribution < -0.4 is 11.5 Å². The van der Waals surface area contributed by atoms with Crippen LogP contribution in [0.25, 0.3) is 21.8 Å². The lowest BCUT2D eigenvalue weighted by Gasteiger charge is -2.47. The molecule has 0 spiro atoms. The van der Waals surface area contributed by atoms with Crippen LogP contribution in [-0.2, 0) is 82.7 Å². The van der Waals surface area contributed by atoms with Gasteiger partial charge >= 0.3 is 24.1 Å². The first-order valence-electron chi connectivity index (χ1n) is 41.5. The maximum absolute atomic E-state index is 16.9. The van der Waals surface area contributed by atoms with E-state index in [0.717, 1.165) is 19.4 Å². The van der Waals surface area contributed by atoms with E-state index in [9.17, 15) is 48.6 Å². The van der Waals surface area contributed by atoms with Crippen molar-refractivity contribution in [2.45, 2.75) is 301 Å². The number of amides is 2. The van der Waals surface area contributed by atoms with Gasteiger partial charge in [0.25, 0.3) is 11.3 Å². The first-order chi connectivity index (χ1) is 56.1. The molecule has 33 nitrogen and oxygen atoms in total. The number of unbranched alkanes of at least 4 members (excludes halogenated alkanes) is 2. The number of aromatic nitrogens is 4. The van der Waals surface area contributed by atoms with Crippen molar-refractivity contribution in [2.75, 3.05) is 73.5 Å². The fourth-order valence-corrected chi connectivity index (χ4v) is 18.2. The Morgan fingerprint density at radius 3 is 1.44 bits per heavy atom. The van der Waals surface area contributed by atoms with Crippen LogP contribution in [0.1, 0.15) is 181 Å². The number of hydrogen-bond donors (Lipinski definition) is 4. The number of alkyl halides is 2. The summed E-state index contributed by atoms with van der Waals surface area (Å²) in [7, 11) is 10.0. The van der Waals surface area contributed by atoms with E-state index in [1.54, 1.807) is 110 Å². The van der Waals surface area contributed by atoms with Crippen LogP contribution in [0.5, 0.6) is 0 Å². The number of terminal acetylenes is 1. The van der Waals surface area contributed by atoms with E-state index in [4.69, 9.17) is 70.8 Å². The minimum Gasteiger partial charge on any atom is -0.455 e. The summed E-state index contributed by atoms with van der Waals surface area (Å²) < 4.78 is 95.9. The number of benzene rings is 1. The molecule has 6 aliphatic rings. The minimum atomic E-state index is -3.19. The smallest absolute Gasteiger partial charge is 0.410 e. The van der Waals surface area contributed by atoms with Crippen molar-refractivity contribution >= 4 is 58.8 Å². The molecule has 0 radical (unpaired) electrons. The molecule has 6 saturated heterocycles. The highest BCUT2D eigenvalue weighted by molar-refractivity contribution is 6.08. The Hall–Kier alpha value is -8.40. The Labute approximate surface area is 703 Å². The molecular formula is C85H129F2N13O20. The number of cyclic esters (lactones) is 2. The normalized spacial score (nSPS) is 36.8. The zero-order chi connectivity index (χ0) is 89.8. The highest BCUT2D eigenvalue weighted by atomic mass is 19.1. The summed E-state index contributed by atoms with van der Waals surface area (Å²) in [5.41, 5.74) is 10.1. The lowest BCUT2D eigenvalue weighted by Crippen LogP contribution is -2.61. The van der Waals surface area contributed by atoms with Crippen molar-refractivity contribution in [1.29, 1.82) is 0 Å². The fourth-order valence-electron chi connectivity index (χ4n) is 18.2. The number of fused-ring (bicyclic) bond motifs is 2. The number of aliphatic hydroxyl groups is 2. The molecule has 668 valence electrons. The van der Waals surface area contributed by atoms with Crippen molar-refractivity contribution in [3.63, 3.8) is 0 Å². The Morgan fingerprint density at radius 2 is 1.06 bits per heavy atom. The summed E-state index contributed by atoms with van der Waals surface area (Å²) in [6, 6.07) is 9.86. The third-order valence-corrected chi connectivity index (χ3v) is 25.0. The third-order valence-electron chi connectivity index (χ3n) is 25.0. The predicted molar refractivity (Wildman–Crippen MR) is 439 cm³/mol. The van der Waals surface area contributed by atoms with Crippen molar-refractivity contribution in [2.24, 2.45) is 40.6 Å². The van der Waals surface area contributed by atoms with Gasteiger partial charge in [-0.15, -0.1) is 11.5 Å². The maximum Gasteiger partial charge on any atom is 0.410 e. The molecule has 0 saturated carbocycles. The van der Waals surface area contributed by atoms with Gasteiger partial charge in [-0.2, -0.15) is 0 Å². The number of esters is 2. The van der Waals surface area contributed by atoms with Crippen LogP contribution in [0.15, 0.2) is 53.8 Å². The Kier molecular flexibility index (Phi) is 33.9. The number of carbonyl (C=O) groups excluding carboxylic acids is 8. The molecule has 2 aromatic heterocycles. The number of halogens is 2.